The predicted octanol–water partition coefficient (Wildman–Crippen LogP) is 7.80. The molecular formula is C28H37N3O4. The van der Waals surface area contributed by atoms with Gasteiger partial charge in [-0.05, 0) is 42.8 Å². The van der Waals surface area contributed by atoms with E-state index in [2.05, 4.69) is 12.2 Å². The lowest BCUT2D eigenvalue weighted by Gasteiger charge is -2.09. The molecule has 1 N–H and O–H groups in total. The SMILES string of the molecule is CCCCCCCCCCCCCCOc1ccc(C(=O)Nc2ccc(C#N)cc2[N+](=O)[O-])cc1. The maximum absolute atomic E-state index is 12.5. The van der Waals surface area contributed by atoms with Crippen molar-refractivity contribution in [3.8, 4) is 11.8 Å². The van der Waals surface area contributed by atoms with E-state index in [-0.39, 0.29) is 16.9 Å². The average molecular weight is 480 g/mol. The first-order valence-electron chi connectivity index (χ1n) is 12.8. The molecule has 0 atom stereocenters. The zero-order chi connectivity index (χ0) is 25.3. The van der Waals surface area contributed by atoms with Crippen LogP contribution in [0.3, 0.4) is 0 Å². The minimum absolute atomic E-state index is 0.0475. The molecule has 0 aliphatic heterocycles. The number of nitrogens with one attached hydrogen (secondary N) is 1. The van der Waals surface area contributed by atoms with Crippen molar-refractivity contribution in [1.29, 1.82) is 5.26 Å². The van der Waals surface area contributed by atoms with E-state index in [9.17, 15) is 14.9 Å². The Balaban J connectivity index is 1.64. The van der Waals surface area contributed by atoms with Crippen LogP contribution in [0.5, 0.6) is 5.75 Å². The molecule has 2 aromatic rings. The predicted molar refractivity (Wildman–Crippen MR) is 139 cm³/mol. The fraction of sp³-hybridized carbons (Fsp3) is 0.500. The number of unbranched alkanes of at least 4 members (excludes halogenated alkanes) is 11. The first kappa shape index (κ1) is 27.8. The number of nitro groups is 1. The zero-order valence-electron chi connectivity index (χ0n) is 20.8. The zero-order valence-corrected chi connectivity index (χ0v) is 20.8. The third kappa shape index (κ3) is 10.6. The molecule has 0 unspecified atom stereocenters. The lowest BCUT2D eigenvalue weighted by atomic mass is 10.1. The minimum atomic E-state index is -0.622. The summed E-state index contributed by atoms with van der Waals surface area (Å²) in [5, 5.41) is 22.7. The van der Waals surface area contributed by atoms with Crippen LogP contribution in [0.4, 0.5) is 11.4 Å². The summed E-state index contributed by atoms with van der Waals surface area (Å²) in [4.78, 5) is 23.1. The van der Waals surface area contributed by atoms with Crippen LogP contribution in [0.15, 0.2) is 42.5 Å². The number of carbonyl (C=O) groups is 1. The maximum atomic E-state index is 12.5. The van der Waals surface area contributed by atoms with Crippen LogP contribution in [0.25, 0.3) is 0 Å². The van der Waals surface area contributed by atoms with Gasteiger partial charge in [0.1, 0.15) is 11.4 Å². The molecule has 0 radical (unpaired) electrons. The fourth-order valence-corrected chi connectivity index (χ4v) is 3.89. The molecular weight excluding hydrogens is 442 g/mol. The topological polar surface area (TPSA) is 105 Å². The second kappa shape index (κ2) is 16.3. The Morgan fingerprint density at radius 2 is 1.49 bits per heavy atom. The number of nitro benzene ring substituents is 1. The monoisotopic (exact) mass is 479 g/mol. The molecule has 2 rings (SSSR count). The molecule has 0 aliphatic carbocycles. The van der Waals surface area contributed by atoms with Crippen molar-refractivity contribution in [1.82, 2.24) is 0 Å². The van der Waals surface area contributed by atoms with Gasteiger partial charge in [-0.25, -0.2) is 0 Å². The Morgan fingerprint density at radius 1 is 0.914 bits per heavy atom. The molecule has 0 aliphatic rings. The van der Waals surface area contributed by atoms with Crippen molar-refractivity contribution < 1.29 is 14.5 Å². The number of hydrogen-bond acceptors (Lipinski definition) is 5. The third-order valence-electron chi connectivity index (χ3n) is 5.95. The van der Waals surface area contributed by atoms with Crippen LogP contribution in [-0.4, -0.2) is 17.4 Å². The van der Waals surface area contributed by atoms with Crippen LogP contribution in [-0.2, 0) is 0 Å². The molecule has 188 valence electrons. The van der Waals surface area contributed by atoms with Gasteiger partial charge in [0.2, 0.25) is 0 Å². The number of amides is 1. The molecule has 1 amide bonds. The number of nitrogens with zero attached hydrogens (tertiary/aromatic N) is 2. The highest BCUT2D eigenvalue weighted by Crippen LogP contribution is 2.26. The quantitative estimate of drug-likeness (QED) is 0.141. The van der Waals surface area contributed by atoms with Gasteiger partial charge in [-0.1, -0.05) is 77.6 Å². The van der Waals surface area contributed by atoms with E-state index in [1.54, 1.807) is 24.3 Å². The minimum Gasteiger partial charge on any atom is -0.494 e. The van der Waals surface area contributed by atoms with Crippen molar-refractivity contribution >= 4 is 17.3 Å². The van der Waals surface area contributed by atoms with Crippen LogP contribution < -0.4 is 10.1 Å². The molecule has 0 bridgehead atoms. The summed E-state index contributed by atoms with van der Waals surface area (Å²) in [6.45, 7) is 2.89. The van der Waals surface area contributed by atoms with Crippen molar-refractivity contribution in [3.63, 3.8) is 0 Å². The number of carbonyl (C=O) groups excluding carboxylic acids is 1. The number of anilines is 1. The van der Waals surface area contributed by atoms with Gasteiger partial charge < -0.3 is 10.1 Å². The van der Waals surface area contributed by atoms with Crippen molar-refractivity contribution in [2.75, 3.05) is 11.9 Å². The Bertz CT molecular complexity index is 967. The highest BCUT2D eigenvalue weighted by molar-refractivity contribution is 6.05. The molecule has 0 saturated carbocycles. The number of ether oxygens (including phenoxy) is 1. The Morgan fingerprint density at radius 3 is 2.03 bits per heavy atom. The molecule has 2 aromatic carbocycles. The standard InChI is InChI=1S/C28H37N3O4/c1-2-3-4-5-6-7-8-9-10-11-12-13-20-35-25-17-15-24(16-18-25)28(32)30-26-19-14-23(22-29)21-27(26)31(33)34/h14-19,21H,2-13,20H2,1H3,(H,30,32). The van der Waals surface area contributed by atoms with E-state index >= 15 is 0 Å². The number of hydrogen-bond donors (Lipinski definition) is 1. The molecule has 0 spiro atoms. The third-order valence-corrected chi connectivity index (χ3v) is 5.95. The number of rotatable bonds is 17. The van der Waals surface area contributed by atoms with Gasteiger partial charge in [0.15, 0.2) is 0 Å². The number of benzene rings is 2. The molecule has 0 aromatic heterocycles. The Kier molecular flexibility index (Phi) is 12.9. The smallest absolute Gasteiger partial charge is 0.294 e. The lowest BCUT2D eigenvalue weighted by Crippen LogP contribution is -2.13. The molecule has 0 saturated heterocycles. The summed E-state index contributed by atoms with van der Waals surface area (Å²) in [6.07, 6.45) is 15.5. The van der Waals surface area contributed by atoms with Crippen LogP contribution >= 0.6 is 0 Å². The van der Waals surface area contributed by atoms with Gasteiger partial charge in [0, 0.05) is 11.6 Å². The van der Waals surface area contributed by atoms with Gasteiger partial charge in [0.05, 0.1) is 23.2 Å². The maximum Gasteiger partial charge on any atom is 0.294 e. The first-order valence-corrected chi connectivity index (χ1v) is 12.8. The summed E-state index contributed by atoms with van der Waals surface area (Å²) in [5.41, 5.74) is 0.247. The molecule has 35 heavy (non-hydrogen) atoms. The van der Waals surface area contributed by atoms with Crippen molar-refractivity contribution in [2.45, 2.75) is 84.0 Å². The van der Waals surface area contributed by atoms with E-state index in [0.717, 1.165) is 18.9 Å². The Labute approximate surface area is 208 Å². The summed E-state index contributed by atoms with van der Waals surface area (Å²) >= 11 is 0. The molecule has 7 heteroatoms. The Hall–Kier alpha value is -3.40. The van der Waals surface area contributed by atoms with Gasteiger partial charge in [-0.15, -0.1) is 0 Å². The summed E-state index contributed by atoms with van der Waals surface area (Å²) in [5.74, 6) is 0.222. The van der Waals surface area contributed by atoms with E-state index in [0.29, 0.717) is 17.9 Å². The van der Waals surface area contributed by atoms with Crippen LogP contribution in [0.1, 0.15) is 99.9 Å². The largest absolute Gasteiger partial charge is 0.494 e. The van der Waals surface area contributed by atoms with Crippen molar-refractivity contribution in [2.24, 2.45) is 0 Å². The van der Waals surface area contributed by atoms with Gasteiger partial charge in [-0.2, -0.15) is 5.26 Å². The second-order valence-electron chi connectivity index (χ2n) is 8.82. The van der Waals surface area contributed by atoms with Crippen LogP contribution in [0.2, 0.25) is 0 Å². The lowest BCUT2D eigenvalue weighted by molar-refractivity contribution is -0.383. The van der Waals surface area contributed by atoms with E-state index in [1.165, 1.54) is 76.3 Å². The first-order chi connectivity index (χ1) is 17.0. The highest BCUT2D eigenvalue weighted by Gasteiger charge is 2.17. The van der Waals surface area contributed by atoms with Gasteiger partial charge >= 0.3 is 0 Å². The highest BCUT2D eigenvalue weighted by atomic mass is 16.6. The summed E-state index contributed by atoms with van der Waals surface area (Å²) < 4.78 is 5.78. The summed E-state index contributed by atoms with van der Waals surface area (Å²) in [7, 11) is 0. The molecule has 0 fully saturated rings. The second-order valence-corrected chi connectivity index (χ2v) is 8.82. The number of nitriles is 1. The van der Waals surface area contributed by atoms with Gasteiger partial charge in [0.25, 0.3) is 11.6 Å². The van der Waals surface area contributed by atoms with E-state index < -0.39 is 10.8 Å². The fourth-order valence-electron chi connectivity index (χ4n) is 3.89. The van der Waals surface area contributed by atoms with Crippen molar-refractivity contribution in [3.05, 3.63) is 63.7 Å². The van der Waals surface area contributed by atoms with Gasteiger partial charge in [-0.3, -0.25) is 14.9 Å². The average Bonchev–Trinajstić information content (AvgIpc) is 2.87. The molecule has 0 heterocycles. The van der Waals surface area contributed by atoms with E-state index in [1.807, 2.05) is 6.07 Å². The summed E-state index contributed by atoms with van der Waals surface area (Å²) in [6, 6.07) is 12.5. The van der Waals surface area contributed by atoms with E-state index in [4.69, 9.17) is 10.00 Å². The normalized spacial score (nSPS) is 10.5. The molecule has 7 nitrogen and oxygen atoms in total. The van der Waals surface area contributed by atoms with Crippen LogP contribution in [0, 0.1) is 21.4 Å².